The first-order chi connectivity index (χ1) is 15.4. The van der Waals surface area contributed by atoms with Gasteiger partial charge in [-0.1, -0.05) is 11.6 Å². The van der Waals surface area contributed by atoms with Gasteiger partial charge in [-0.05, 0) is 35.9 Å². The average molecular weight is 483 g/mol. The van der Waals surface area contributed by atoms with E-state index in [-0.39, 0.29) is 36.1 Å². The van der Waals surface area contributed by atoms with Crippen molar-refractivity contribution in [3.05, 3.63) is 40.9 Å². The number of nitrogens with one attached hydrogen (secondary N) is 1. The van der Waals surface area contributed by atoms with Crippen molar-refractivity contribution in [1.29, 1.82) is 0 Å². The normalized spacial score (nSPS) is 16.4. The van der Waals surface area contributed by atoms with Crippen molar-refractivity contribution in [3.63, 3.8) is 0 Å². The molecule has 0 bridgehead atoms. The van der Waals surface area contributed by atoms with E-state index < -0.39 is 10.0 Å². The molecule has 0 atom stereocenters. The summed E-state index contributed by atoms with van der Waals surface area (Å²) >= 11 is 6.24. The largest absolute Gasteiger partial charge is 0.495 e. The number of carbonyl (C=O) groups excluding carboxylic acids is 1. The summed E-state index contributed by atoms with van der Waals surface area (Å²) in [6.45, 7) is 2.00. The van der Waals surface area contributed by atoms with Crippen LogP contribution >= 0.6 is 11.6 Å². The van der Waals surface area contributed by atoms with Gasteiger partial charge in [0.15, 0.2) is 11.5 Å². The van der Waals surface area contributed by atoms with Crippen molar-refractivity contribution in [1.82, 2.24) is 4.31 Å². The molecule has 0 radical (unpaired) electrons. The van der Waals surface area contributed by atoms with Crippen LogP contribution in [0.5, 0.6) is 17.2 Å². The predicted molar refractivity (Wildman–Crippen MR) is 117 cm³/mol. The maximum atomic E-state index is 13.1. The molecule has 2 aliphatic heterocycles. The Morgan fingerprint density at radius 2 is 1.88 bits per heavy atom. The number of hydrogen-bond acceptors (Lipinski definition) is 7. The van der Waals surface area contributed by atoms with Gasteiger partial charge in [-0.15, -0.1) is 0 Å². The van der Waals surface area contributed by atoms with Crippen LogP contribution in [0.15, 0.2) is 35.2 Å². The summed E-state index contributed by atoms with van der Waals surface area (Å²) < 4.78 is 49.1. The molecule has 9 nitrogen and oxygen atoms in total. The van der Waals surface area contributed by atoms with Crippen LogP contribution in [0.4, 0.5) is 5.69 Å². The van der Waals surface area contributed by atoms with Crippen LogP contribution in [0.1, 0.15) is 5.56 Å². The van der Waals surface area contributed by atoms with Gasteiger partial charge < -0.3 is 24.3 Å². The van der Waals surface area contributed by atoms with E-state index in [0.29, 0.717) is 54.2 Å². The minimum Gasteiger partial charge on any atom is -0.495 e. The summed E-state index contributed by atoms with van der Waals surface area (Å²) in [5, 5.41) is 3.11. The van der Waals surface area contributed by atoms with Gasteiger partial charge in [-0.2, -0.15) is 4.31 Å². The van der Waals surface area contributed by atoms with Crippen LogP contribution in [0.25, 0.3) is 0 Å². The fourth-order valence-electron chi connectivity index (χ4n) is 3.54. The van der Waals surface area contributed by atoms with E-state index in [2.05, 4.69) is 5.32 Å². The maximum Gasteiger partial charge on any atom is 0.246 e. The molecule has 1 fully saturated rings. The Morgan fingerprint density at radius 1 is 1.12 bits per heavy atom. The Hall–Kier alpha value is -2.53. The number of sulfonamides is 1. The molecule has 2 aromatic rings. The molecule has 1 saturated heterocycles. The second kappa shape index (κ2) is 9.53. The van der Waals surface area contributed by atoms with E-state index in [1.54, 1.807) is 18.2 Å². The lowest BCUT2D eigenvalue weighted by Gasteiger charge is -2.26. The van der Waals surface area contributed by atoms with Crippen LogP contribution in [-0.4, -0.2) is 65.3 Å². The molecule has 0 saturated carbocycles. The van der Waals surface area contributed by atoms with Gasteiger partial charge in [0.2, 0.25) is 15.9 Å². The second-order valence-corrected chi connectivity index (χ2v) is 9.52. The van der Waals surface area contributed by atoms with E-state index in [1.165, 1.54) is 23.5 Å². The van der Waals surface area contributed by atoms with Crippen molar-refractivity contribution in [3.8, 4) is 17.2 Å². The van der Waals surface area contributed by atoms with Crippen molar-refractivity contribution in [2.45, 2.75) is 11.3 Å². The lowest BCUT2D eigenvalue weighted by Crippen LogP contribution is -2.40. The third kappa shape index (κ3) is 4.78. The number of benzene rings is 2. The number of ether oxygens (including phenoxy) is 4. The molecule has 32 heavy (non-hydrogen) atoms. The van der Waals surface area contributed by atoms with Crippen molar-refractivity contribution in [2.75, 3.05) is 51.9 Å². The summed E-state index contributed by atoms with van der Waals surface area (Å²) in [6, 6.07) is 7.87. The van der Waals surface area contributed by atoms with Gasteiger partial charge in [0.05, 0.1) is 31.8 Å². The molecule has 2 heterocycles. The quantitative estimate of drug-likeness (QED) is 0.673. The molecule has 11 heteroatoms. The van der Waals surface area contributed by atoms with Crippen molar-refractivity contribution < 1.29 is 32.2 Å². The Labute approximate surface area is 191 Å². The zero-order valence-electron chi connectivity index (χ0n) is 17.4. The van der Waals surface area contributed by atoms with Gasteiger partial charge in [0, 0.05) is 18.8 Å². The third-order valence-electron chi connectivity index (χ3n) is 5.06. The Kier molecular flexibility index (Phi) is 6.75. The van der Waals surface area contributed by atoms with Crippen LogP contribution in [-0.2, 0) is 26.0 Å². The number of morpholine rings is 1. The summed E-state index contributed by atoms with van der Waals surface area (Å²) in [5.74, 6) is 0.829. The first-order valence-electron chi connectivity index (χ1n) is 10.0. The maximum absolute atomic E-state index is 13.1. The van der Waals surface area contributed by atoms with Crippen LogP contribution < -0.4 is 19.5 Å². The average Bonchev–Trinajstić information content (AvgIpc) is 2.79. The summed E-state index contributed by atoms with van der Waals surface area (Å²) in [4.78, 5) is 12.6. The number of anilines is 1. The molecular formula is C21H23ClN2O7S. The molecule has 0 aromatic heterocycles. The Balaban J connectivity index is 1.53. The van der Waals surface area contributed by atoms with E-state index >= 15 is 0 Å². The highest BCUT2D eigenvalue weighted by Crippen LogP contribution is 2.38. The standard InChI is InChI=1S/C21H23ClN2O7S/c1-28-17-3-2-15(13-19(17)32(26,27)24-4-6-29-7-5-24)23-20(25)12-14-10-16(22)21-18(11-14)30-8-9-31-21/h2-3,10-11,13H,4-9,12H2,1H3,(H,23,25). The molecule has 1 N–H and O–H groups in total. The molecule has 172 valence electrons. The number of amides is 1. The molecule has 1 amide bonds. The van der Waals surface area contributed by atoms with E-state index in [0.717, 1.165) is 0 Å². The molecular weight excluding hydrogens is 460 g/mol. The summed E-state index contributed by atoms with van der Waals surface area (Å²) in [7, 11) is -2.41. The topological polar surface area (TPSA) is 103 Å². The van der Waals surface area contributed by atoms with Crippen LogP contribution in [0, 0.1) is 0 Å². The second-order valence-electron chi connectivity index (χ2n) is 7.21. The highest BCUT2D eigenvalue weighted by atomic mass is 35.5. The molecule has 4 rings (SSSR count). The first kappa shape index (κ1) is 22.7. The zero-order valence-corrected chi connectivity index (χ0v) is 19.0. The molecule has 2 aliphatic rings. The lowest BCUT2D eigenvalue weighted by molar-refractivity contribution is -0.115. The SMILES string of the molecule is COc1ccc(NC(=O)Cc2cc(Cl)c3c(c2)OCCO3)cc1S(=O)(=O)N1CCOCC1. The predicted octanol–water partition coefficient (Wildman–Crippen LogP) is 2.32. The summed E-state index contributed by atoms with van der Waals surface area (Å²) in [5.41, 5.74) is 0.984. The fraction of sp³-hybridized carbons (Fsp3) is 0.381. The van der Waals surface area contributed by atoms with Gasteiger partial charge in [-0.3, -0.25) is 4.79 Å². The molecule has 2 aromatic carbocycles. The molecule has 0 unspecified atom stereocenters. The number of fused-ring (bicyclic) bond motifs is 1. The minimum absolute atomic E-state index is 0.0120. The Morgan fingerprint density at radius 3 is 2.62 bits per heavy atom. The molecule has 0 aliphatic carbocycles. The number of methoxy groups -OCH3 is 1. The number of hydrogen-bond donors (Lipinski definition) is 1. The van der Waals surface area contributed by atoms with Crippen molar-refractivity contribution in [2.24, 2.45) is 0 Å². The monoisotopic (exact) mass is 482 g/mol. The van der Waals surface area contributed by atoms with Crippen LogP contribution in [0.2, 0.25) is 5.02 Å². The van der Waals surface area contributed by atoms with Gasteiger partial charge >= 0.3 is 0 Å². The third-order valence-corrected chi connectivity index (χ3v) is 7.26. The fourth-order valence-corrected chi connectivity index (χ4v) is 5.42. The van der Waals surface area contributed by atoms with Gasteiger partial charge in [-0.25, -0.2) is 8.42 Å². The zero-order chi connectivity index (χ0) is 22.7. The highest BCUT2D eigenvalue weighted by Gasteiger charge is 2.29. The first-order valence-corrected chi connectivity index (χ1v) is 11.8. The summed E-state index contributed by atoms with van der Waals surface area (Å²) in [6.07, 6.45) is 0.0218. The van der Waals surface area contributed by atoms with Crippen LogP contribution in [0.3, 0.4) is 0 Å². The van der Waals surface area contributed by atoms with E-state index in [1.807, 2.05) is 0 Å². The minimum atomic E-state index is -3.81. The number of halogens is 1. The van der Waals surface area contributed by atoms with E-state index in [4.69, 9.17) is 30.5 Å². The van der Waals surface area contributed by atoms with Gasteiger partial charge in [0.25, 0.3) is 0 Å². The molecule has 0 spiro atoms. The van der Waals surface area contributed by atoms with Crippen molar-refractivity contribution >= 4 is 33.2 Å². The highest BCUT2D eigenvalue weighted by molar-refractivity contribution is 7.89. The number of nitrogens with zero attached hydrogens (tertiary/aromatic N) is 1. The van der Waals surface area contributed by atoms with E-state index in [9.17, 15) is 13.2 Å². The lowest BCUT2D eigenvalue weighted by atomic mass is 10.1. The smallest absolute Gasteiger partial charge is 0.246 e. The van der Waals surface area contributed by atoms with Gasteiger partial charge in [0.1, 0.15) is 23.9 Å². The Bertz CT molecular complexity index is 1120. The number of carbonyl (C=O) groups is 1. The number of rotatable bonds is 6.